The lowest BCUT2D eigenvalue weighted by molar-refractivity contribution is 0.397. The Bertz CT molecular complexity index is 510. The third-order valence-electron chi connectivity index (χ3n) is 3.02. The molecule has 0 aliphatic heterocycles. The first kappa shape index (κ1) is 14.0. The average molecular weight is 277 g/mol. The van der Waals surface area contributed by atoms with E-state index in [1.54, 1.807) is 18.4 Å². The summed E-state index contributed by atoms with van der Waals surface area (Å²) >= 11 is 1.70. The number of thiazole rings is 1. The van der Waals surface area contributed by atoms with E-state index in [4.69, 9.17) is 4.74 Å². The molecule has 4 nitrogen and oxygen atoms in total. The summed E-state index contributed by atoms with van der Waals surface area (Å²) in [6.07, 6.45) is 3.74. The van der Waals surface area contributed by atoms with Gasteiger partial charge in [0.1, 0.15) is 0 Å². The van der Waals surface area contributed by atoms with Crippen molar-refractivity contribution in [2.45, 2.75) is 25.8 Å². The Hall–Kier alpha value is -1.46. The maximum atomic E-state index is 5.06. The molecule has 5 heteroatoms. The molecular formula is C14H19N3OS. The van der Waals surface area contributed by atoms with Crippen molar-refractivity contribution in [3.63, 3.8) is 0 Å². The summed E-state index contributed by atoms with van der Waals surface area (Å²) in [7, 11) is 3.61. The lowest BCUT2D eigenvalue weighted by atomic mass is 10.0. The van der Waals surface area contributed by atoms with Crippen LogP contribution in [-0.4, -0.2) is 30.2 Å². The van der Waals surface area contributed by atoms with Crippen molar-refractivity contribution in [2.75, 3.05) is 14.2 Å². The van der Waals surface area contributed by atoms with E-state index in [2.05, 4.69) is 26.7 Å². The second-order valence-electron chi connectivity index (χ2n) is 4.46. The van der Waals surface area contributed by atoms with E-state index in [1.165, 1.54) is 5.56 Å². The van der Waals surface area contributed by atoms with Crippen molar-refractivity contribution >= 4 is 11.3 Å². The number of ether oxygens (including phenoxy) is 1. The standard InChI is InChI=1S/C14H19N3OS/c1-10-17-13(9-19-10)7-12(15-2)6-11-4-5-14(18-3)16-8-11/h4-5,8-9,12,15H,6-7H2,1-3H3. The maximum Gasteiger partial charge on any atom is 0.212 e. The van der Waals surface area contributed by atoms with Gasteiger partial charge in [-0.2, -0.15) is 0 Å². The van der Waals surface area contributed by atoms with Crippen LogP contribution in [0.2, 0.25) is 0 Å². The van der Waals surface area contributed by atoms with Gasteiger partial charge in [-0.25, -0.2) is 9.97 Å². The number of aryl methyl sites for hydroxylation is 1. The molecule has 0 fully saturated rings. The minimum atomic E-state index is 0.372. The van der Waals surface area contributed by atoms with E-state index in [1.807, 2.05) is 26.2 Å². The quantitative estimate of drug-likeness (QED) is 0.879. The molecule has 1 N–H and O–H groups in total. The van der Waals surface area contributed by atoms with E-state index in [0.29, 0.717) is 11.9 Å². The molecule has 19 heavy (non-hydrogen) atoms. The molecule has 0 radical (unpaired) electrons. The number of hydrogen-bond acceptors (Lipinski definition) is 5. The Labute approximate surface area is 117 Å². The number of nitrogens with zero attached hydrogens (tertiary/aromatic N) is 2. The zero-order valence-corrected chi connectivity index (χ0v) is 12.3. The number of methoxy groups -OCH3 is 1. The summed E-state index contributed by atoms with van der Waals surface area (Å²) in [4.78, 5) is 8.74. The molecule has 0 spiro atoms. The van der Waals surface area contributed by atoms with Gasteiger partial charge in [0.25, 0.3) is 0 Å². The first-order valence-electron chi connectivity index (χ1n) is 6.28. The Morgan fingerprint density at radius 2 is 2.21 bits per heavy atom. The molecule has 0 aliphatic rings. The van der Waals surface area contributed by atoms with E-state index in [-0.39, 0.29) is 0 Å². The molecule has 2 heterocycles. The number of likely N-dealkylation sites (N-methyl/N-ethyl adjacent to an activating group) is 1. The highest BCUT2D eigenvalue weighted by molar-refractivity contribution is 7.09. The van der Waals surface area contributed by atoms with Gasteiger partial charge in [0.2, 0.25) is 5.88 Å². The molecule has 1 atom stereocenters. The third-order valence-corrected chi connectivity index (χ3v) is 3.84. The van der Waals surface area contributed by atoms with Crippen LogP contribution in [0.4, 0.5) is 0 Å². The average Bonchev–Trinajstić information content (AvgIpc) is 2.84. The lowest BCUT2D eigenvalue weighted by Gasteiger charge is -2.15. The van der Waals surface area contributed by atoms with Crippen molar-refractivity contribution < 1.29 is 4.74 Å². The molecule has 0 amide bonds. The zero-order valence-electron chi connectivity index (χ0n) is 11.5. The topological polar surface area (TPSA) is 47.0 Å². The predicted octanol–water partition coefficient (Wildman–Crippen LogP) is 2.23. The van der Waals surface area contributed by atoms with Crippen LogP contribution in [-0.2, 0) is 12.8 Å². The van der Waals surface area contributed by atoms with Gasteiger partial charge >= 0.3 is 0 Å². The number of hydrogen-bond donors (Lipinski definition) is 1. The van der Waals surface area contributed by atoms with Gasteiger partial charge in [-0.3, -0.25) is 0 Å². The number of pyridine rings is 1. The summed E-state index contributed by atoms with van der Waals surface area (Å²) in [5.41, 5.74) is 2.36. The minimum Gasteiger partial charge on any atom is -0.481 e. The van der Waals surface area contributed by atoms with E-state index >= 15 is 0 Å². The van der Waals surface area contributed by atoms with Gasteiger partial charge in [0.15, 0.2) is 0 Å². The Morgan fingerprint density at radius 1 is 1.37 bits per heavy atom. The third kappa shape index (κ3) is 4.01. The molecule has 2 rings (SSSR count). The molecule has 0 aliphatic carbocycles. The first-order valence-corrected chi connectivity index (χ1v) is 7.16. The smallest absolute Gasteiger partial charge is 0.212 e. The normalized spacial score (nSPS) is 12.4. The molecule has 0 bridgehead atoms. The maximum absolute atomic E-state index is 5.06. The van der Waals surface area contributed by atoms with Gasteiger partial charge in [-0.15, -0.1) is 11.3 Å². The van der Waals surface area contributed by atoms with E-state index < -0.39 is 0 Å². The minimum absolute atomic E-state index is 0.372. The highest BCUT2D eigenvalue weighted by atomic mass is 32.1. The van der Waals surface area contributed by atoms with Crippen molar-refractivity contribution in [2.24, 2.45) is 0 Å². The van der Waals surface area contributed by atoms with Crippen LogP contribution in [0.25, 0.3) is 0 Å². The van der Waals surface area contributed by atoms with Crippen LogP contribution in [0.5, 0.6) is 5.88 Å². The summed E-state index contributed by atoms with van der Waals surface area (Å²) in [6, 6.07) is 4.33. The van der Waals surface area contributed by atoms with Gasteiger partial charge in [0.05, 0.1) is 17.8 Å². The monoisotopic (exact) mass is 277 g/mol. The van der Waals surface area contributed by atoms with Crippen molar-refractivity contribution in [1.82, 2.24) is 15.3 Å². The van der Waals surface area contributed by atoms with Crippen molar-refractivity contribution in [1.29, 1.82) is 0 Å². The van der Waals surface area contributed by atoms with Gasteiger partial charge in [-0.05, 0) is 26.0 Å². The summed E-state index contributed by atoms with van der Waals surface area (Å²) in [6.45, 7) is 2.04. The fourth-order valence-electron chi connectivity index (χ4n) is 1.97. The van der Waals surface area contributed by atoms with Gasteiger partial charge in [-0.1, -0.05) is 6.07 Å². The lowest BCUT2D eigenvalue weighted by Crippen LogP contribution is -2.30. The van der Waals surface area contributed by atoms with Crippen molar-refractivity contribution in [3.05, 3.63) is 40.0 Å². The van der Waals surface area contributed by atoms with Crippen LogP contribution in [0.15, 0.2) is 23.7 Å². The highest BCUT2D eigenvalue weighted by Crippen LogP contribution is 2.13. The Balaban J connectivity index is 1.97. The second-order valence-corrected chi connectivity index (χ2v) is 5.52. The SMILES string of the molecule is CNC(Cc1ccc(OC)nc1)Cc1csc(C)n1. The van der Waals surface area contributed by atoms with Gasteiger partial charge < -0.3 is 10.1 Å². The predicted molar refractivity (Wildman–Crippen MR) is 77.9 cm³/mol. The van der Waals surface area contributed by atoms with Crippen LogP contribution >= 0.6 is 11.3 Å². The number of aromatic nitrogens is 2. The number of rotatable bonds is 6. The van der Waals surface area contributed by atoms with Crippen LogP contribution < -0.4 is 10.1 Å². The van der Waals surface area contributed by atoms with Crippen molar-refractivity contribution in [3.8, 4) is 5.88 Å². The first-order chi connectivity index (χ1) is 9.21. The molecular weight excluding hydrogens is 258 g/mol. The Kier molecular flexibility index (Phi) is 4.87. The van der Waals surface area contributed by atoms with Crippen LogP contribution in [0, 0.1) is 6.92 Å². The zero-order chi connectivity index (χ0) is 13.7. The van der Waals surface area contributed by atoms with Crippen LogP contribution in [0.3, 0.4) is 0 Å². The Morgan fingerprint density at radius 3 is 2.74 bits per heavy atom. The fourth-order valence-corrected chi connectivity index (χ4v) is 2.59. The molecule has 102 valence electrons. The summed E-state index contributed by atoms with van der Waals surface area (Å²) in [5, 5.41) is 6.59. The van der Waals surface area contributed by atoms with Crippen LogP contribution in [0.1, 0.15) is 16.3 Å². The van der Waals surface area contributed by atoms with Gasteiger partial charge in [0, 0.05) is 30.1 Å². The second kappa shape index (κ2) is 6.63. The highest BCUT2D eigenvalue weighted by Gasteiger charge is 2.10. The molecule has 0 saturated heterocycles. The fraction of sp³-hybridized carbons (Fsp3) is 0.429. The molecule has 0 saturated carbocycles. The largest absolute Gasteiger partial charge is 0.481 e. The molecule has 1 unspecified atom stereocenters. The number of nitrogens with one attached hydrogen (secondary N) is 1. The molecule has 2 aromatic rings. The molecule has 2 aromatic heterocycles. The summed E-state index contributed by atoms with van der Waals surface area (Å²) < 4.78 is 5.06. The summed E-state index contributed by atoms with van der Waals surface area (Å²) in [5.74, 6) is 0.653. The molecule has 0 aromatic carbocycles. The van der Waals surface area contributed by atoms with E-state index in [9.17, 15) is 0 Å². The van der Waals surface area contributed by atoms with E-state index in [0.717, 1.165) is 23.5 Å².